The molecule has 3 nitrogen and oxygen atoms in total. The minimum absolute atomic E-state index is 0.302. The molecule has 6 heteroatoms. The maximum atomic E-state index is 11.8. The summed E-state index contributed by atoms with van der Waals surface area (Å²) in [6, 6.07) is 6.58. The molecule has 0 heterocycles. The van der Waals surface area contributed by atoms with Crippen molar-refractivity contribution in [2.45, 2.75) is 12.4 Å². The quantitative estimate of drug-likeness (QED) is 0.866. The molecule has 1 aromatic rings. The molecule has 0 amide bonds. The molecule has 1 atom stereocenters. The smallest absolute Gasteiger partial charge is 0.406 e. The van der Waals surface area contributed by atoms with E-state index in [1.165, 1.54) is 24.3 Å². The Labute approximate surface area is 90.4 Å². The predicted molar refractivity (Wildman–Crippen MR) is 50.5 cm³/mol. The molecule has 0 saturated carbocycles. The molecule has 0 saturated heterocycles. The largest absolute Gasteiger partial charge is 0.573 e. The van der Waals surface area contributed by atoms with Crippen molar-refractivity contribution in [3.63, 3.8) is 0 Å². The molecule has 16 heavy (non-hydrogen) atoms. The van der Waals surface area contributed by atoms with E-state index in [1.807, 2.05) is 6.07 Å². The van der Waals surface area contributed by atoms with Gasteiger partial charge in [0.2, 0.25) is 0 Å². The summed E-state index contributed by atoms with van der Waals surface area (Å²) in [5.41, 5.74) is 0.583. The standard InChI is InChI=1S/C10H9F3N2O/c1-15-9(6-14)7-2-4-8(5-3-7)16-10(11,12)13/h2-5,9,15H,1H3/t9-/m0/s1. The van der Waals surface area contributed by atoms with Gasteiger partial charge in [0.1, 0.15) is 11.8 Å². The van der Waals surface area contributed by atoms with Crippen LogP contribution in [0.2, 0.25) is 0 Å². The molecule has 0 aliphatic rings. The molecular formula is C10H9F3N2O. The highest BCUT2D eigenvalue weighted by Gasteiger charge is 2.31. The molecule has 0 bridgehead atoms. The third-order valence-corrected chi connectivity index (χ3v) is 1.86. The fourth-order valence-corrected chi connectivity index (χ4v) is 1.17. The van der Waals surface area contributed by atoms with Crippen molar-refractivity contribution in [3.8, 4) is 11.8 Å². The molecule has 0 aromatic heterocycles. The first-order chi connectivity index (χ1) is 7.46. The number of ether oxygens (including phenoxy) is 1. The van der Waals surface area contributed by atoms with Crippen LogP contribution in [0.4, 0.5) is 13.2 Å². The van der Waals surface area contributed by atoms with Crippen molar-refractivity contribution in [2.75, 3.05) is 7.05 Å². The van der Waals surface area contributed by atoms with Gasteiger partial charge < -0.3 is 10.1 Å². The summed E-state index contributed by atoms with van der Waals surface area (Å²) in [6.45, 7) is 0. The van der Waals surface area contributed by atoms with E-state index in [0.29, 0.717) is 5.56 Å². The molecule has 0 aliphatic carbocycles. The van der Waals surface area contributed by atoms with Crippen molar-refractivity contribution in [3.05, 3.63) is 29.8 Å². The van der Waals surface area contributed by atoms with Gasteiger partial charge in [-0.3, -0.25) is 0 Å². The predicted octanol–water partition coefficient (Wildman–Crippen LogP) is 2.37. The Kier molecular flexibility index (Phi) is 3.74. The topological polar surface area (TPSA) is 45.0 Å². The second-order valence-electron chi connectivity index (χ2n) is 2.97. The molecule has 1 rings (SSSR count). The van der Waals surface area contributed by atoms with Crippen LogP contribution in [0.25, 0.3) is 0 Å². The van der Waals surface area contributed by atoms with Crippen LogP contribution in [-0.4, -0.2) is 13.4 Å². The van der Waals surface area contributed by atoms with Crippen LogP contribution in [0.5, 0.6) is 5.75 Å². The summed E-state index contributed by atoms with van der Waals surface area (Å²) in [4.78, 5) is 0. The third kappa shape index (κ3) is 3.44. The van der Waals surface area contributed by atoms with Gasteiger partial charge in [-0.1, -0.05) is 12.1 Å². The van der Waals surface area contributed by atoms with Crippen LogP contribution in [0.1, 0.15) is 11.6 Å². The van der Waals surface area contributed by atoms with Gasteiger partial charge in [-0.05, 0) is 24.7 Å². The molecule has 0 radical (unpaired) electrons. The van der Waals surface area contributed by atoms with E-state index in [9.17, 15) is 13.2 Å². The van der Waals surface area contributed by atoms with Gasteiger partial charge in [0.05, 0.1) is 6.07 Å². The van der Waals surface area contributed by atoms with Gasteiger partial charge >= 0.3 is 6.36 Å². The fourth-order valence-electron chi connectivity index (χ4n) is 1.17. The number of nitrogens with one attached hydrogen (secondary N) is 1. The number of nitriles is 1. The number of halogens is 3. The number of hydrogen-bond donors (Lipinski definition) is 1. The highest BCUT2D eigenvalue weighted by Crippen LogP contribution is 2.24. The summed E-state index contributed by atoms with van der Waals surface area (Å²) in [7, 11) is 1.59. The summed E-state index contributed by atoms with van der Waals surface area (Å²) in [5.74, 6) is -0.302. The van der Waals surface area contributed by atoms with Crippen molar-refractivity contribution >= 4 is 0 Å². The monoisotopic (exact) mass is 230 g/mol. The minimum Gasteiger partial charge on any atom is -0.406 e. The van der Waals surface area contributed by atoms with E-state index in [0.717, 1.165) is 0 Å². The molecule has 1 N–H and O–H groups in total. The maximum absolute atomic E-state index is 11.8. The Morgan fingerprint density at radius 2 is 1.88 bits per heavy atom. The number of hydrogen-bond acceptors (Lipinski definition) is 3. The van der Waals surface area contributed by atoms with Crippen molar-refractivity contribution in [1.82, 2.24) is 5.32 Å². The maximum Gasteiger partial charge on any atom is 0.573 e. The van der Waals surface area contributed by atoms with Crippen molar-refractivity contribution in [1.29, 1.82) is 5.26 Å². The first kappa shape index (κ1) is 12.3. The molecule has 1 aromatic carbocycles. The summed E-state index contributed by atoms with van der Waals surface area (Å²) >= 11 is 0. The molecular weight excluding hydrogens is 221 g/mol. The van der Waals surface area contributed by atoms with Crippen LogP contribution < -0.4 is 10.1 Å². The lowest BCUT2D eigenvalue weighted by molar-refractivity contribution is -0.274. The first-order valence-electron chi connectivity index (χ1n) is 4.39. The average Bonchev–Trinajstić information content (AvgIpc) is 2.20. The number of rotatable bonds is 3. The zero-order chi connectivity index (χ0) is 12.2. The molecule has 86 valence electrons. The summed E-state index contributed by atoms with van der Waals surface area (Å²) in [6.07, 6.45) is -4.70. The molecule has 0 aliphatic heterocycles. The Hall–Kier alpha value is -1.74. The lowest BCUT2D eigenvalue weighted by Crippen LogP contribution is -2.17. The van der Waals surface area contributed by atoms with Gasteiger partial charge in [-0.15, -0.1) is 13.2 Å². The lowest BCUT2D eigenvalue weighted by Gasteiger charge is -2.11. The number of benzene rings is 1. The van der Waals surface area contributed by atoms with Gasteiger partial charge in [-0.2, -0.15) is 5.26 Å². The first-order valence-corrected chi connectivity index (χ1v) is 4.39. The zero-order valence-corrected chi connectivity index (χ0v) is 8.38. The summed E-state index contributed by atoms with van der Waals surface area (Å²) < 4.78 is 39.2. The van der Waals surface area contributed by atoms with Crippen LogP contribution in [-0.2, 0) is 0 Å². The minimum atomic E-state index is -4.70. The van der Waals surface area contributed by atoms with Crippen LogP contribution >= 0.6 is 0 Å². The van der Waals surface area contributed by atoms with Crippen molar-refractivity contribution < 1.29 is 17.9 Å². The molecule has 0 fully saturated rings. The third-order valence-electron chi connectivity index (χ3n) is 1.86. The van der Waals surface area contributed by atoms with E-state index in [2.05, 4.69) is 10.1 Å². The molecule has 0 unspecified atom stereocenters. The van der Waals surface area contributed by atoms with E-state index < -0.39 is 12.4 Å². The van der Waals surface area contributed by atoms with Gasteiger partial charge in [0.25, 0.3) is 0 Å². The second-order valence-corrected chi connectivity index (χ2v) is 2.97. The number of alkyl halides is 3. The van der Waals surface area contributed by atoms with Gasteiger partial charge in [0.15, 0.2) is 0 Å². The summed E-state index contributed by atoms with van der Waals surface area (Å²) in [5, 5.41) is 11.4. The fraction of sp³-hybridized carbons (Fsp3) is 0.300. The van der Waals surface area contributed by atoms with Gasteiger partial charge in [-0.25, -0.2) is 0 Å². The Morgan fingerprint density at radius 3 is 2.25 bits per heavy atom. The van der Waals surface area contributed by atoms with Crippen molar-refractivity contribution in [2.24, 2.45) is 0 Å². The van der Waals surface area contributed by atoms with Gasteiger partial charge in [0, 0.05) is 0 Å². The second kappa shape index (κ2) is 4.86. The Bertz CT molecular complexity index is 381. The van der Waals surface area contributed by atoms with E-state index >= 15 is 0 Å². The average molecular weight is 230 g/mol. The highest BCUT2D eigenvalue weighted by molar-refractivity contribution is 5.31. The zero-order valence-electron chi connectivity index (χ0n) is 8.38. The van der Waals surface area contributed by atoms with Crippen LogP contribution in [0, 0.1) is 11.3 Å². The molecule has 0 spiro atoms. The number of nitrogens with zero attached hydrogens (tertiary/aromatic N) is 1. The SMILES string of the molecule is CN[C@@H](C#N)c1ccc(OC(F)(F)F)cc1. The van der Waals surface area contributed by atoms with E-state index in [1.54, 1.807) is 7.05 Å². The normalized spacial score (nSPS) is 12.9. The van der Waals surface area contributed by atoms with Crippen LogP contribution in [0.3, 0.4) is 0 Å². The Morgan fingerprint density at radius 1 is 1.31 bits per heavy atom. The van der Waals surface area contributed by atoms with E-state index in [4.69, 9.17) is 5.26 Å². The van der Waals surface area contributed by atoms with E-state index in [-0.39, 0.29) is 5.75 Å². The highest BCUT2D eigenvalue weighted by atomic mass is 19.4. The Balaban J connectivity index is 2.80. The lowest BCUT2D eigenvalue weighted by atomic mass is 10.1. The van der Waals surface area contributed by atoms with Crippen LogP contribution in [0.15, 0.2) is 24.3 Å².